The van der Waals surface area contributed by atoms with Gasteiger partial charge in [-0.15, -0.1) is 0 Å². The number of nitrogens with two attached hydrogens (primary N) is 2. The molecule has 0 aromatic heterocycles. The first kappa shape index (κ1) is 41.8. The largest absolute Gasteiger partial charge is 0.491 e. The topological polar surface area (TPSA) is 187 Å². The van der Waals surface area contributed by atoms with Gasteiger partial charge >= 0.3 is 7.69 Å². The highest BCUT2D eigenvalue weighted by Crippen LogP contribution is 2.40. The van der Waals surface area contributed by atoms with E-state index in [1.165, 1.54) is 0 Å². The van der Waals surface area contributed by atoms with E-state index in [0.29, 0.717) is 77.5 Å². The van der Waals surface area contributed by atoms with Gasteiger partial charge < -0.3 is 42.0 Å². The van der Waals surface area contributed by atoms with Crippen molar-refractivity contribution in [2.24, 2.45) is 22.3 Å². The number of nitrogens with one attached hydrogen (secondary N) is 4. The van der Waals surface area contributed by atoms with Gasteiger partial charge in [-0.2, -0.15) is 0 Å². The van der Waals surface area contributed by atoms with Crippen LogP contribution in [0.1, 0.15) is 88.2 Å². The fourth-order valence-corrected chi connectivity index (χ4v) is 8.16. The molecule has 1 radical (unpaired) electrons. The summed E-state index contributed by atoms with van der Waals surface area (Å²) in [6, 6.07) is 28.2. The minimum absolute atomic E-state index is 0.302. The molecule has 2 fully saturated rings. The molecule has 0 aliphatic heterocycles. The second-order valence-electron chi connectivity index (χ2n) is 15.5. The van der Waals surface area contributed by atoms with Gasteiger partial charge in [0.05, 0.1) is 0 Å². The van der Waals surface area contributed by atoms with E-state index < -0.39 is 35.1 Å². The van der Waals surface area contributed by atoms with E-state index in [4.69, 9.17) is 20.8 Å². The molecule has 4 aromatic carbocycles. The van der Waals surface area contributed by atoms with Crippen LogP contribution in [0.5, 0.6) is 0 Å². The maximum Gasteiger partial charge on any atom is 0.491 e. The van der Waals surface area contributed by atoms with Gasteiger partial charge in [-0.05, 0) is 109 Å². The molecule has 0 saturated heterocycles. The average Bonchev–Trinajstić information content (AvgIpc) is 3.95. The molecule has 2 aliphatic carbocycles. The minimum Gasteiger partial charge on any atom is -0.393 e. The third kappa shape index (κ3) is 10.4. The molecule has 4 amide bonds. The first-order valence-electron chi connectivity index (χ1n) is 20.4. The normalized spacial score (nSPS) is 16.8. The van der Waals surface area contributed by atoms with Crippen LogP contribution >= 0.6 is 0 Å². The van der Waals surface area contributed by atoms with Crippen molar-refractivity contribution in [3.05, 3.63) is 96.1 Å². The zero-order valence-electron chi connectivity index (χ0n) is 32.7. The van der Waals surface area contributed by atoms with E-state index in [9.17, 15) is 19.2 Å². The summed E-state index contributed by atoms with van der Waals surface area (Å²) < 4.78 is 11.9. The number of carbonyl (C=O) groups excluding carboxylic acids is 4. The highest BCUT2D eigenvalue weighted by molar-refractivity contribution is 6.18. The molecule has 2 unspecified atom stereocenters. The highest BCUT2D eigenvalue weighted by atomic mass is 16.6. The summed E-state index contributed by atoms with van der Waals surface area (Å²) in [6.07, 6.45) is 4.90. The van der Waals surface area contributed by atoms with Crippen LogP contribution in [0.25, 0.3) is 21.5 Å². The molecule has 301 valence electrons. The summed E-state index contributed by atoms with van der Waals surface area (Å²) in [5.74, 6) is -1.43. The Morgan fingerprint density at radius 1 is 0.561 bits per heavy atom. The molecular weight excluding hydrogens is 719 g/mol. The Morgan fingerprint density at radius 2 is 0.947 bits per heavy atom. The molecule has 13 heteroatoms. The first-order valence-corrected chi connectivity index (χ1v) is 20.4. The van der Waals surface area contributed by atoms with Crippen LogP contribution in [0.4, 0.5) is 0 Å². The zero-order valence-corrected chi connectivity index (χ0v) is 32.7. The fraction of sp³-hybridized carbons (Fsp3) is 0.455. The van der Waals surface area contributed by atoms with Crippen LogP contribution in [0.3, 0.4) is 0 Å². The average molecular weight is 776 g/mol. The van der Waals surface area contributed by atoms with Crippen molar-refractivity contribution in [2.75, 3.05) is 13.1 Å². The van der Waals surface area contributed by atoms with E-state index in [2.05, 4.69) is 21.3 Å². The number of hydrogen-bond donors (Lipinski definition) is 6. The maximum atomic E-state index is 14.0. The lowest BCUT2D eigenvalue weighted by molar-refractivity contribution is -0.146. The van der Waals surface area contributed by atoms with Crippen LogP contribution in [-0.2, 0) is 41.6 Å². The number of rotatable bonds is 20. The lowest BCUT2D eigenvalue weighted by atomic mass is 9.83. The first-order chi connectivity index (χ1) is 27.8. The summed E-state index contributed by atoms with van der Waals surface area (Å²) in [5.41, 5.74) is 11.1. The third-order valence-corrected chi connectivity index (χ3v) is 11.6. The zero-order chi connectivity index (χ0) is 40.1. The number of fused-ring (bicyclic) bond motifs is 2. The van der Waals surface area contributed by atoms with Gasteiger partial charge in [-0.3, -0.25) is 19.2 Å². The van der Waals surface area contributed by atoms with Crippen molar-refractivity contribution < 1.29 is 28.5 Å². The van der Waals surface area contributed by atoms with Crippen molar-refractivity contribution in [2.45, 2.75) is 103 Å². The Morgan fingerprint density at radius 3 is 1.33 bits per heavy atom. The summed E-state index contributed by atoms with van der Waals surface area (Å²) in [6.45, 7) is 1.34. The van der Waals surface area contributed by atoms with Crippen molar-refractivity contribution in [3.63, 3.8) is 0 Å². The minimum atomic E-state index is -1.23. The molecular formula is C44H56BN6O6. The van der Waals surface area contributed by atoms with Crippen molar-refractivity contribution in [1.29, 1.82) is 0 Å². The van der Waals surface area contributed by atoms with Gasteiger partial charge in [0.25, 0.3) is 0 Å². The van der Waals surface area contributed by atoms with Gasteiger partial charge in [-0.1, -0.05) is 98.5 Å². The lowest BCUT2D eigenvalue weighted by Gasteiger charge is -2.31. The number of carbonyl (C=O) groups is 4. The van der Waals surface area contributed by atoms with E-state index in [0.717, 1.165) is 66.0 Å². The van der Waals surface area contributed by atoms with E-state index in [-0.39, 0.29) is 11.8 Å². The van der Waals surface area contributed by atoms with E-state index >= 15 is 0 Å². The van der Waals surface area contributed by atoms with E-state index in [1.54, 1.807) is 0 Å². The Labute approximate surface area is 335 Å². The third-order valence-electron chi connectivity index (χ3n) is 11.6. The predicted molar refractivity (Wildman–Crippen MR) is 222 cm³/mol. The monoisotopic (exact) mass is 775 g/mol. The molecule has 4 aromatic rings. The molecule has 12 nitrogen and oxygen atoms in total. The highest BCUT2D eigenvalue weighted by Gasteiger charge is 2.49. The SMILES string of the molecule is NCCCC(NC(=O)C1(C(=O)NCc2ccc3ccccc3c2)CCCC1)O[B]OC(CCCN)NC(=O)C1(C(=O)NCc2ccc3ccccc3c2)CCCC1. The Bertz CT molecular complexity index is 1860. The Kier molecular flexibility index (Phi) is 14.7. The van der Waals surface area contributed by atoms with Crippen molar-refractivity contribution in [3.8, 4) is 0 Å². The van der Waals surface area contributed by atoms with Crippen LogP contribution in [0, 0.1) is 10.8 Å². The van der Waals surface area contributed by atoms with Crippen LogP contribution in [0.15, 0.2) is 84.9 Å². The van der Waals surface area contributed by atoms with E-state index in [1.807, 2.05) is 84.9 Å². The molecule has 0 heterocycles. The van der Waals surface area contributed by atoms with Gasteiger partial charge in [-0.25, -0.2) is 0 Å². The summed E-state index contributed by atoms with van der Waals surface area (Å²) in [5, 5.41) is 16.3. The van der Waals surface area contributed by atoms with Crippen LogP contribution in [0.2, 0.25) is 0 Å². The number of hydrogen-bond acceptors (Lipinski definition) is 8. The summed E-state index contributed by atoms with van der Waals surface area (Å²) in [7, 11) is 1.12. The molecule has 2 saturated carbocycles. The maximum absolute atomic E-state index is 14.0. The standard InChI is InChI=1S/C44H56BN6O6/c46-25-9-15-37(50-41(54)43(21-5-6-22-43)39(52)48-29-31-17-19-33-11-1-3-13-35(33)27-31)56-45-57-38(16-10-26-47)51-42(55)44(23-7-8-24-44)40(53)49-30-32-18-20-34-12-2-4-14-36(34)28-32/h1-4,11-14,17-20,27-28,37-38H,5-10,15-16,21-26,29-30,46-47H2,(H,48,52)(H,49,53)(H,50,54)(H,51,55). The predicted octanol–water partition coefficient (Wildman–Crippen LogP) is 4.98. The molecule has 6 rings (SSSR count). The molecule has 0 spiro atoms. The second-order valence-corrected chi connectivity index (χ2v) is 15.5. The smallest absolute Gasteiger partial charge is 0.393 e. The Balaban J connectivity index is 1.05. The van der Waals surface area contributed by atoms with Gasteiger partial charge in [0, 0.05) is 13.1 Å². The number of amides is 4. The molecule has 8 N–H and O–H groups in total. The Hall–Kier alpha value is -4.82. The molecule has 2 atom stereocenters. The molecule has 2 aliphatic rings. The number of benzene rings is 4. The van der Waals surface area contributed by atoms with Crippen molar-refractivity contribution in [1.82, 2.24) is 21.3 Å². The summed E-state index contributed by atoms with van der Waals surface area (Å²) in [4.78, 5) is 55.4. The fourth-order valence-electron chi connectivity index (χ4n) is 8.16. The van der Waals surface area contributed by atoms with Gasteiger partial charge in [0.2, 0.25) is 23.6 Å². The molecule has 57 heavy (non-hydrogen) atoms. The quantitative estimate of drug-likeness (QED) is 0.0413. The van der Waals surface area contributed by atoms with Gasteiger partial charge in [0.15, 0.2) is 0 Å². The van der Waals surface area contributed by atoms with Gasteiger partial charge in [0.1, 0.15) is 23.3 Å². The van der Waals surface area contributed by atoms with Crippen LogP contribution < -0.4 is 32.7 Å². The summed E-state index contributed by atoms with van der Waals surface area (Å²) >= 11 is 0. The van der Waals surface area contributed by atoms with Crippen molar-refractivity contribution >= 4 is 52.9 Å². The lowest BCUT2D eigenvalue weighted by Crippen LogP contribution is -2.54. The molecule has 0 bridgehead atoms. The van der Waals surface area contributed by atoms with Crippen LogP contribution in [-0.4, -0.2) is 56.9 Å². The second kappa shape index (κ2) is 20.0.